The van der Waals surface area contributed by atoms with Crippen molar-refractivity contribution < 1.29 is 9.59 Å². The quantitative estimate of drug-likeness (QED) is 0.593. The van der Waals surface area contributed by atoms with Gasteiger partial charge in [-0.2, -0.15) is 0 Å². The van der Waals surface area contributed by atoms with Crippen LogP contribution in [0.5, 0.6) is 0 Å². The Morgan fingerprint density at radius 1 is 0.793 bits per heavy atom. The Kier molecular flexibility index (Phi) is 7.42. The van der Waals surface area contributed by atoms with Crippen molar-refractivity contribution in [1.82, 2.24) is 10.6 Å². The SMILES string of the molecule is O=C(N[C@@H](Cc1ccccc1)C(=O)NCCc1ccccc1)c1ccc(Cl)cc1. The maximum atomic E-state index is 12.8. The summed E-state index contributed by atoms with van der Waals surface area (Å²) in [7, 11) is 0. The molecule has 1 atom stereocenters. The lowest BCUT2D eigenvalue weighted by Crippen LogP contribution is -2.48. The third kappa shape index (κ3) is 6.47. The van der Waals surface area contributed by atoms with Gasteiger partial charge in [-0.15, -0.1) is 0 Å². The number of hydrogen-bond acceptors (Lipinski definition) is 2. The topological polar surface area (TPSA) is 58.2 Å². The standard InChI is InChI=1S/C24H23ClN2O2/c25-21-13-11-20(12-14-21)23(28)27-22(17-19-9-5-2-6-10-19)24(29)26-16-15-18-7-3-1-4-8-18/h1-14,22H,15-17H2,(H,26,29)(H,27,28)/t22-/m0/s1. The van der Waals surface area contributed by atoms with Crippen LogP contribution in [0.3, 0.4) is 0 Å². The number of hydrogen-bond donors (Lipinski definition) is 2. The molecule has 0 saturated carbocycles. The number of carbonyl (C=O) groups excluding carboxylic acids is 2. The first-order valence-corrected chi connectivity index (χ1v) is 9.91. The molecule has 0 saturated heterocycles. The maximum absolute atomic E-state index is 12.8. The van der Waals surface area contributed by atoms with E-state index >= 15 is 0 Å². The van der Waals surface area contributed by atoms with Crippen LogP contribution in [0.1, 0.15) is 21.5 Å². The van der Waals surface area contributed by atoms with E-state index in [1.165, 1.54) is 0 Å². The summed E-state index contributed by atoms with van der Waals surface area (Å²) < 4.78 is 0. The average molecular weight is 407 g/mol. The number of carbonyl (C=O) groups is 2. The van der Waals surface area contributed by atoms with Crippen LogP contribution < -0.4 is 10.6 Å². The van der Waals surface area contributed by atoms with E-state index < -0.39 is 6.04 Å². The molecule has 148 valence electrons. The molecule has 0 spiro atoms. The minimum Gasteiger partial charge on any atom is -0.354 e. The summed E-state index contributed by atoms with van der Waals surface area (Å²) in [6.07, 6.45) is 1.15. The van der Waals surface area contributed by atoms with Gasteiger partial charge in [-0.3, -0.25) is 9.59 Å². The lowest BCUT2D eigenvalue weighted by molar-refractivity contribution is -0.122. The smallest absolute Gasteiger partial charge is 0.251 e. The van der Waals surface area contributed by atoms with Crippen molar-refractivity contribution in [1.29, 1.82) is 0 Å². The van der Waals surface area contributed by atoms with Crippen LogP contribution in [0.15, 0.2) is 84.9 Å². The predicted octanol–water partition coefficient (Wildman–Crippen LogP) is 4.04. The van der Waals surface area contributed by atoms with Gasteiger partial charge in [0.1, 0.15) is 6.04 Å². The molecule has 0 unspecified atom stereocenters. The zero-order chi connectivity index (χ0) is 20.5. The molecule has 5 heteroatoms. The summed E-state index contributed by atoms with van der Waals surface area (Å²) in [5, 5.41) is 6.35. The third-order valence-corrected chi connectivity index (χ3v) is 4.82. The molecule has 0 aliphatic heterocycles. The normalized spacial score (nSPS) is 11.5. The molecule has 0 heterocycles. The Morgan fingerprint density at radius 2 is 1.38 bits per heavy atom. The molecule has 0 aromatic heterocycles. The van der Waals surface area contributed by atoms with Crippen molar-refractivity contribution in [2.75, 3.05) is 6.54 Å². The lowest BCUT2D eigenvalue weighted by Gasteiger charge is -2.19. The third-order valence-electron chi connectivity index (χ3n) is 4.57. The largest absolute Gasteiger partial charge is 0.354 e. The van der Waals surface area contributed by atoms with E-state index in [9.17, 15) is 9.59 Å². The summed E-state index contributed by atoms with van der Waals surface area (Å²) in [6.45, 7) is 0.505. The van der Waals surface area contributed by atoms with Gasteiger partial charge in [0, 0.05) is 23.6 Å². The Balaban J connectivity index is 1.65. The second-order valence-electron chi connectivity index (χ2n) is 6.75. The number of halogens is 1. The maximum Gasteiger partial charge on any atom is 0.251 e. The summed E-state index contributed by atoms with van der Waals surface area (Å²) in [5.41, 5.74) is 2.59. The molecular formula is C24H23ClN2O2. The minimum absolute atomic E-state index is 0.202. The van der Waals surface area contributed by atoms with Crippen molar-refractivity contribution in [2.45, 2.75) is 18.9 Å². The van der Waals surface area contributed by atoms with Crippen molar-refractivity contribution in [3.8, 4) is 0 Å². The zero-order valence-corrected chi connectivity index (χ0v) is 16.7. The predicted molar refractivity (Wildman–Crippen MR) is 116 cm³/mol. The van der Waals surface area contributed by atoms with E-state index in [0.717, 1.165) is 17.5 Å². The van der Waals surface area contributed by atoms with Gasteiger partial charge in [-0.25, -0.2) is 0 Å². The van der Waals surface area contributed by atoms with Crippen LogP contribution in [0, 0.1) is 0 Å². The van der Waals surface area contributed by atoms with E-state index in [4.69, 9.17) is 11.6 Å². The fourth-order valence-corrected chi connectivity index (χ4v) is 3.13. The van der Waals surface area contributed by atoms with E-state index in [0.29, 0.717) is 23.6 Å². The van der Waals surface area contributed by atoms with Gasteiger partial charge < -0.3 is 10.6 Å². The fourth-order valence-electron chi connectivity index (χ4n) is 3.00. The molecule has 2 amide bonds. The van der Waals surface area contributed by atoms with Crippen molar-refractivity contribution in [3.63, 3.8) is 0 Å². The monoisotopic (exact) mass is 406 g/mol. The van der Waals surface area contributed by atoms with Gasteiger partial charge in [-0.05, 0) is 41.8 Å². The number of benzene rings is 3. The van der Waals surface area contributed by atoms with Crippen LogP contribution in [0.4, 0.5) is 0 Å². The molecule has 3 aromatic rings. The molecule has 3 rings (SSSR count). The van der Waals surface area contributed by atoms with Gasteiger partial charge in [0.25, 0.3) is 5.91 Å². The Morgan fingerprint density at radius 3 is 2.00 bits per heavy atom. The highest BCUT2D eigenvalue weighted by molar-refractivity contribution is 6.30. The second-order valence-corrected chi connectivity index (χ2v) is 7.19. The van der Waals surface area contributed by atoms with Crippen LogP contribution in [0.25, 0.3) is 0 Å². The first-order valence-electron chi connectivity index (χ1n) is 9.54. The van der Waals surface area contributed by atoms with Crippen LogP contribution in [-0.4, -0.2) is 24.4 Å². The molecule has 4 nitrogen and oxygen atoms in total. The van der Waals surface area contributed by atoms with E-state index in [1.807, 2.05) is 60.7 Å². The number of amides is 2. The molecule has 0 fully saturated rings. The zero-order valence-electron chi connectivity index (χ0n) is 16.0. The van der Waals surface area contributed by atoms with Crippen LogP contribution in [0.2, 0.25) is 5.02 Å². The van der Waals surface area contributed by atoms with Crippen molar-refractivity contribution >= 4 is 23.4 Å². The molecule has 0 aliphatic rings. The summed E-state index contributed by atoms with van der Waals surface area (Å²) in [6, 6.07) is 25.5. The Bertz CT molecular complexity index is 928. The number of nitrogens with one attached hydrogen (secondary N) is 2. The molecule has 0 radical (unpaired) electrons. The van der Waals surface area contributed by atoms with Gasteiger partial charge in [0.15, 0.2) is 0 Å². The van der Waals surface area contributed by atoms with Gasteiger partial charge in [0.2, 0.25) is 5.91 Å². The summed E-state index contributed by atoms with van der Waals surface area (Å²) in [4.78, 5) is 25.4. The molecule has 29 heavy (non-hydrogen) atoms. The number of rotatable bonds is 8. The summed E-state index contributed by atoms with van der Waals surface area (Å²) in [5.74, 6) is -0.507. The summed E-state index contributed by atoms with van der Waals surface area (Å²) >= 11 is 5.89. The van der Waals surface area contributed by atoms with Crippen LogP contribution in [-0.2, 0) is 17.6 Å². The van der Waals surface area contributed by atoms with Crippen molar-refractivity contribution in [2.24, 2.45) is 0 Å². The van der Waals surface area contributed by atoms with Gasteiger partial charge in [0.05, 0.1) is 0 Å². The molecule has 2 N–H and O–H groups in total. The van der Waals surface area contributed by atoms with E-state index in [1.54, 1.807) is 24.3 Å². The van der Waals surface area contributed by atoms with E-state index in [2.05, 4.69) is 10.6 Å². The molecule has 3 aromatic carbocycles. The van der Waals surface area contributed by atoms with E-state index in [-0.39, 0.29) is 11.8 Å². The fraction of sp³-hybridized carbons (Fsp3) is 0.167. The highest BCUT2D eigenvalue weighted by Crippen LogP contribution is 2.10. The first kappa shape index (κ1) is 20.6. The van der Waals surface area contributed by atoms with Gasteiger partial charge in [-0.1, -0.05) is 72.3 Å². The lowest BCUT2D eigenvalue weighted by atomic mass is 10.0. The molecule has 0 bridgehead atoms. The second kappa shape index (κ2) is 10.4. The van der Waals surface area contributed by atoms with Crippen molar-refractivity contribution in [3.05, 3.63) is 107 Å². The van der Waals surface area contributed by atoms with Gasteiger partial charge >= 0.3 is 0 Å². The molecular weight excluding hydrogens is 384 g/mol. The molecule has 0 aliphatic carbocycles. The Labute approximate surface area is 175 Å². The highest BCUT2D eigenvalue weighted by Gasteiger charge is 2.21. The first-order chi connectivity index (χ1) is 14.1. The average Bonchev–Trinajstić information content (AvgIpc) is 2.75. The van der Waals surface area contributed by atoms with Crippen LogP contribution >= 0.6 is 11.6 Å². The minimum atomic E-state index is -0.670. The Hall–Kier alpha value is -3.11. The highest BCUT2D eigenvalue weighted by atomic mass is 35.5.